The number of rotatable bonds is 5. The number of halogens is 2. The third-order valence-electron chi connectivity index (χ3n) is 3.77. The zero-order chi connectivity index (χ0) is 20.3. The van der Waals surface area contributed by atoms with Crippen molar-refractivity contribution in [3.8, 4) is 11.5 Å². The molecule has 6 nitrogen and oxygen atoms in total. The molecule has 0 radical (unpaired) electrons. The minimum atomic E-state index is -0.524. The highest BCUT2D eigenvalue weighted by Crippen LogP contribution is 2.35. The molecule has 0 fully saturated rings. The normalized spacial score (nSPS) is 14.6. The van der Waals surface area contributed by atoms with Gasteiger partial charge in [-0.25, -0.2) is 9.79 Å². The van der Waals surface area contributed by atoms with Crippen molar-refractivity contribution in [1.29, 1.82) is 0 Å². The van der Waals surface area contributed by atoms with E-state index in [1.807, 2.05) is 24.3 Å². The predicted molar refractivity (Wildman–Crippen MR) is 121 cm³/mol. The molecule has 0 aromatic heterocycles. The Morgan fingerprint density at radius 1 is 1.21 bits per heavy atom. The fraction of sp³-hybridized carbons (Fsp3) is 0.150. The van der Waals surface area contributed by atoms with Gasteiger partial charge in [0.25, 0.3) is 0 Å². The number of ether oxygens (including phenoxy) is 3. The Morgan fingerprint density at radius 2 is 1.93 bits per heavy atom. The van der Waals surface area contributed by atoms with Crippen LogP contribution in [0.1, 0.15) is 24.5 Å². The number of esters is 2. The van der Waals surface area contributed by atoms with E-state index >= 15 is 0 Å². The number of hydrogen-bond acceptors (Lipinski definition) is 6. The van der Waals surface area contributed by atoms with Crippen LogP contribution in [0.2, 0.25) is 0 Å². The van der Waals surface area contributed by atoms with Crippen molar-refractivity contribution in [1.82, 2.24) is 0 Å². The highest BCUT2D eigenvalue weighted by Gasteiger charge is 2.24. The lowest BCUT2D eigenvalue weighted by Crippen LogP contribution is -2.08. The third-order valence-corrected chi connectivity index (χ3v) is 5.29. The molecule has 0 saturated heterocycles. The van der Waals surface area contributed by atoms with Crippen molar-refractivity contribution in [3.05, 3.63) is 60.4 Å². The summed E-state index contributed by atoms with van der Waals surface area (Å²) in [6.07, 6.45) is 1.87. The first-order valence-corrected chi connectivity index (χ1v) is 10.4. The number of methoxy groups -OCH3 is 1. The largest absolute Gasteiger partial charge is 0.493 e. The standard InChI is InChI=1S/C20H15I2NO5/c1-3-17(24)27-18-14(22)8-11(10-16(18)26-2)9-15-20(25)28-19(23-15)12-4-6-13(21)7-5-12/h4-10H,3H2,1-2H3/b15-9-. The highest BCUT2D eigenvalue weighted by atomic mass is 127. The van der Waals surface area contributed by atoms with Crippen LogP contribution in [0.3, 0.4) is 0 Å². The number of cyclic esters (lactones) is 1. The second kappa shape index (κ2) is 9.03. The van der Waals surface area contributed by atoms with Gasteiger partial charge in [0.05, 0.1) is 10.7 Å². The molecule has 28 heavy (non-hydrogen) atoms. The molecule has 1 aliphatic heterocycles. The summed E-state index contributed by atoms with van der Waals surface area (Å²) in [5.74, 6) is 0.142. The van der Waals surface area contributed by atoms with Gasteiger partial charge < -0.3 is 14.2 Å². The van der Waals surface area contributed by atoms with E-state index in [0.29, 0.717) is 20.6 Å². The molecule has 0 bridgehead atoms. The summed E-state index contributed by atoms with van der Waals surface area (Å²) in [6.45, 7) is 1.72. The number of carbonyl (C=O) groups excluding carboxylic acids is 2. The first-order chi connectivity index (χ1) is 13.4. The molecule has 2 aromatic rings. The topological polar surface area (TPSA) is 74.2 Å². The SMILES string of the molecule is CCC(=O)Oc1c(I)cc(/C=C2\N=C(c3ccc(I)cc3)OC2=O)cc1OC. The summed E-state index contributed by atoms with van der Waals surface area (Å²) >= 11 is 4.26. The molecule has 8 heteroatoms. The fourth-order valence-electron chi connectivity index (χ4n) is 2.39. The van der Waals surface area contributed by atoms with E-state index in [2.05, 4.69) is 50.2 Å². The molecule has 0 saturated carbocycles. The second-order valence-electron chi connectivity index (χ2n) is 5.70. The Labute approximate surface area is 189 Å². The maximum absolute atomic E-state index is 12.2. The van der Waals surface area contributed by atoms with E-state index in [4.69, 9.17) is 14.2 Å². The number of carbonyl (C=O) groups is 2. The Bertz CT molecular complexity index is 996. The molecule has 144 valence electrons. The summed E-state index contributed by atoms with van der Waals surface area (Å²) in [5.41, 5.74) is 1.59. The summed E-state index contributed by atoms with van der Waals surface area (Å²) < 4.78 is 17.7. The van der Waals surface area contributed by atoms with E-state index < -0.39 is 5.97 Å². The van der Waals surface area contributed by atoms with Gasteiger partial charge >= 0.3 is 11.9 Å². The maximum Gasteiger partial charge on any atom is 0.363 e. The highest BCUT2D eigenvalue weighted by molar-refractivity contribution is 14.1. The van der Waals surface area contributed by atoms with Gasteiger partial charge in [0.15, 0.2) is 17.2 Å². The van der Waals surface area contributed by atoms with Crippen molar-refractivity contribution in [2.24, 2.45) is 4.99 Å². The van der Waals surface area contributed by atoms with Crippen LogP contribution in [0.4, 0.5) is 0 Å². The van der Waals surface area contributed by atoms with Gasteiger partial charge in [0.2, 0.25) is 5.90 Å². The molecular formula is C20H15I2NO5. The lowest BCUT2D eigenvalue weighted by molar-refractivity contribution is -0.134. The van der Waals surface area contributed by atoms with Gasteiger partial charge in [-0.3, -0.25) is 4.79 Å². The monoisotopic (exact) mass is 603 g/mol. The number of benzene rings is 2. The molecular weight excluding hydrogens is 588 g/mol. The molecule has 0 atom stereocenters. The molecule has 0 amide bonds. The summed E-state index contributed by atoms with van der Waals surface area (Å²) in [7, 11) is 1.49. The molecule has 0 unspecified atom stereocenters. The van der Waals surface area contributed by atoms with Crippen molar-refractivity contribution >= 4 is 69.1 Å². The van der Waals surface area contributed by atoms with Gasteiger partial charge in [-0.1, -0.05) is 6.92 Å². The van der Waals surface area contributed by atoms with Crippen LogP contribution in [0.25, 0.3) is 6.08 Å². The number of aliphatic imine (C=N–C) groups is 1. The number of nitrogens with zero attached hydrogens (tertiary/aromatic N) is 1. The van der Waals surface area contributed by atoms with Crippen LogP contribution in [-0.4, -0.2) is 24.9 Å². The fourth-order valence-corrected chi connectivity index (χ4v) is 3.49. The molecule has 3 rings (SSSR count). The van der Waals surface area contributed by atoms with Crippen molar-refractivity contribution in [2.45, 2.75) is 13.3 Å². The minimum absolute atomic E-state index is 0.185. The molecule has 2 aromatic carbocycles. The Hall–Kier alpha value is -1.95. The first kappa shape index (κ1) is 20.8. The van der Waals surface area contributed by atoms with Crippen LogP contribution < -0.4 is 9.47 Å². The minimum Gasteiger partial charge on any atom is -0.493 e. The quantitative estimate of drug-likeness (QED) is 0.217. The van der Waals surface area contributed by atoms with Crippen molar-refractivity contribution in [3.63, 3.8) is 0 Å². The van der Waals surface area contributed by atoms with Crippen LogP contribution in [0, 0.1) is 7.14 Å². The third kappa shape index (κ3) is 4.72. The Kier molecular flexibility index (Phi) is 6.70. The predicted octanol–water partition coefficient (Wildman–Crippen LogP) is 4.56. The van der Waals surface area contributed by atoms with E-state index in [1.165, 1.54) is 7.11 Å². The lowest BCUT2D eigenvalue weighted by atomic mass is 10.1. The molecule has 1 aliphatic rings. The van der Waals surface area contributed by atoms with Crippen LogP contribution >= 0.6 is 45.2 Å². The van der Waals surface area contributed by atoms with E-state index in [0.717, 1.165) is 9.13 Å². The Balaban J connectivity index is 1.94. The Morgan fingerprint density at radius 3 is 2.57 bits per heavy atom. The van der Waals surface area contributed by atoms with E-state index in [9.17, 15) is 9.59 Å². The average Bonchev–Trinajstić information content (AvgIpc) is 3.04. The molecule has 0 aliphatic carbocycles. The van der Waals surface area contributed by atoms with Crippen molar-refractivity contribution in [2.75, 3.05) is 7.11 Å². The molecule has 1 heterocycles. The summed E-state index contributed by atoms with van der Waals surface area (Å²) in [4.78, 5) is 28.1. The van der Waals surface area contributed by atoms with Crippen LogP contribution in [0.5, 0.6) is 11.5 Å². The second-order valence-corrected chi connectivity index (χ2v) is 8.11. The maximum atomic E-state index is 12.2. The van der Waals surface area contributed by atoms with E-state index in [1.54, 1.807) is 25.1 Å². The zero-order valence-electron chi connectivity index (χ0n) is 15.0. The van der Waals surface area contributed by atoms with Gasteiger partial charge in [-0.15, -0.1) is 0 Å². The van der Waals surface area contributed by atoms with Crippen LogP contribution in [0.15, 0.2) is 47.1 Å². The lowest BCUT2D eigenvalue weighted by Gasteiger charge is -2.11. The van der Waals surface area contributed by atoms with Gasteiger partial charge in [0, 0.05) is 15.6 Å². The van der Waals surface area contributed by atoms with E-state index in [-0.39, 0.29) is 24.0 Å². The average molecular weight is 603 g/mol. The smallest absolute Gasteiger partial charge is 0.363 e. The summed E-state index contributed by atoms with van der Waals surface area (Å²) in [6, 6.07) is 11.0. The van der Waals surface area contributed by atoms with Gasteiger partial charge in [0.1, 0.15) is 0 Å². The first-order valence-electron chi connectivity index (χ1n) is 8.28. The molecule has 0 spiro atoms. The molecule has 0 N–H and O–H groups in total. The van der Waals surface area contributed by atoms with Gasteiger partial charge in [-0.2, -0.15) is 0 Å². The van der Waals surface area contributed by atoms with Crippen LogP contribution in [-0.2, 0) is 14.3 Å². The summed E-state index contributed by atoms with van der Waals surface area (Å²) in [5, 5.41) is 0. The van der Waals surface area contributed by atoms with Gasteiger partial charge in [-0.05, 0) is 93.2 Å². The zero-order valence-corrected chi connectivity index (χ0v) is 19.3. The van der Waals surface area contributed by atoms with Crippen molar-refractivity contribution < 1.29 is 23.8 Å². The number of hydrogen-bond donors (Lipinski definition) is 0.